The van der Waals surface area contributed by atoms with Crippen molar-refractivity contribution in [2.24, 2.45) is 0 Å². The van der Waals surface area contributed by atoms with E-state index >= 15 is 0 Å². The largest absolute Gasteiger partial charge is 0.494 e. The number of hydrogen-bond donors (Lipinski definition) is 1. The van der Waals surface area contributed by atoms with E-state index in [2.05, 4.69) is 4.72 Å². The van der Waals surface area contributed by atoms with Crippen LogP contribution in [0, 0.1) is 20.8 Å². The number of nitrogens with one attached hydrogen (secondary N) is 1. The average molecular weight is 347 g/mol. The second-order valence-electron chi connectivity index (χ2n) is 6.07. The Morgan fingerprint density at radius 1 is 1.04 bits per heavy atom. The lowest BCUT2D eigenvalue weighted by Crippen LogP contribution is -2.28. The smallest absolute Gasteiger partial charge is 0.241 e. The van der Waals surface area contributed by atoms with Gasteiger partial charge in [-0.2, -0.15) is 0 Å². The molecule has 0 saturated carbocycles. The van der Waals surface area contributed by atoms with Crippen LogP contribution in [0.2, 0.25) is 0 Å². The molecule has 0 aliphatic heterocycles. The van der Waals surface area contributed by atoms with Crippen LogP contribution in [0.4, 0.5) is 0 Å². The maximum atomic E-state index is 12.8. The molecule has 0 radical (unpaired) electrons. The number of aryl methyl sites for hydroxylation is 3. The van der Waals surface area contributed by atoms with E-state index in [4.69, 9.17) is 4.74 Å². The van der Waals surface area contributed by atoms with Crippen LogP contribution in [-0.4, -0.2) is 15.0 Å². The van der Waals surface area contributed by atoms with Crippen molar-refractivity contribution >= 4 is 10.0 Å². The predicted molar refractivity (Wildman–Crippen MR) is 97.0 cm³/mol. The Morgan fingerprint density at radius 2 is 1.58 bits per heavy atom. The van der Waals surface area contributed by atoms with E-state index in [1.165, 1.54) is 0 Å². The Kier molecular flexibility index (Phi) is 5.67. The van der Waals surface area contributed by atoms with Gasteiger partial charge >= 0.3 is 0 Å². The highest BCUT2D eigenvalue weighted by atomic mass is 32.2. The van der Waals surface area contributed by atoms with Crippen LogP contribution in [0.5, 0.6) is 5.75 Å². The monoisotopic (exact) mass is 347 g/mol. The molecule has 0 aliphatic rings. The van der Waals surface area contributed by atoms with E-state index < -0.39 is 10.0 Å². The molecule has 0 amide bonds. The predicted octanol–water partition coefficient (Wildman–Crippen LogP) is 4.05. The summed E-state index contributed by atoms with van der Waals surface area (Å²) >= 11 is 0. The number of rotatable bonds is 6. The number of benzene rings is 2. The molecule has 0 spiro atoms. The van der Waals surface area contributed by atoms with Gasteiger partial charge in [0, 0.05) is 6.04 Å². The van der Waals surface area contributed by atoms with Crippen molar-refractivity contribution in [3.8, 4) is 5.75 Å². The highest BCUT2D eigenvalue weighted by Gasteiger charge is 2.22. The molecule has 0 heterocycles. The van der Waals surface area contributed by atoms with Gasteiger partial charge in [0.1, 0.15) is 5.75 Å². The summed E-state index contributed by atoms with van der Waals surface area (Å²) in [5.41, 5.74) is 3.48. The van der Waals surface area contributed by atoms with Gasteiger partial charge < -0.3 is 4.74 Å². The Bertz CT molecular complexity index is 788. The highest BCUT2D eigenvalue weighted by molar-refractivity contribution is 7.89. The zero-order valence-corrected chi connectivity index (χ0v) is 15.7. The van der Waals surface area contributed by atoms with Gasteiger partial charge in [0.15, 0.2) is 0 Å². The summed E-state index contributed by atoms with van der Waals surface area (Å²) in [6.07, 6.45) is 0. The fourth-order valence-electron chi connectivity index (χ4n) is 2.97. The van der Waals surface area contributed by atoms with Crippen LogP contribution in [0.15, 0.2) is 41.3 Å². The minimum absolute atomic E-state index is 0.328. The normalized spacial score (nSPS) is 12.9. The van der Waals surface area contributed by atoms with Crippen LogP contribution in [-0.2, 0) is 10.0 Å². The molecule has 0 bridgehead atoms. The van der Waals surface area contributed by atoms with Crippen molar-refractivity contribution in [2.75, 3.05) is 6.61 Å². The molecular weight excluding hydrogens is 322 g/mol. The van der Waals surface area contributed by atoms with Gasteiger partial charge in [0.2, 0.25) is 10.0 Å². The SMILES string of the molecule is CCOc1ccc([C@@H](C)NS(=O)(=O)c2c(C)cc(C)cc2C)cc1. The van der Waals surface area contributed by atoms with Gasteiger partial charge in [0.25, 0.3) is 0 Å². The van der Waals surface area contributed by atoms with Crippen molar-refractivity contribution < 1.29 is 13.2 Å². The quantitative estimate of drug-likeness (QED) is 0.858. The van der Waals surface area contributed by atoms with Crippen molar-refractivity contribution in [3.63, 3.8) is 0 Å². The maximum absolute atomic E-state index is 12.8. The van der Waals surface area contributed by atoms with Crippen molar-refractivity contribution in [1.82, 2.24) is 4.72 Å². The molecule has 0 aliphatic carbocycles. The summed E-state index contributed by atoms with van der Waals surface area (Å²) in [7, 11) is -3.59. The fourth-order valence-corrected chi connectivity index (χ4v) is 4.65. The van der Waals surface area contributed by atoms with E-state index in [9.17, 15) is 8.42 Å². The first-order valence-electron chi connectivity index (χ1n) is 8.07. The van der Waals surface area contributed by atoms with Crippen LogP contribution in [0.3, 0.4) is 0 Å². The molecule has 2 aromatic rings. The lowest BCUT2D eigenvalue weighted by atomic mass is 10.1. The van der Waals surface area contributed by atoms with Crippen molar-refractivity contribution in [3.05, 3.63) is 58.7 Å². The lowest BCUT2D eigenvalue weighted by Gasteiger charge is -2.18. The Hall–Kier alpha value is -1.85. The van der Waals surface area contributed by atoms with Gasteiger partial charge in [-0.1, -0.05) is 29.8 Å². The molecule has 1 N–H and O–H groups in total. The van der Waals surface area contributed by atoms with Crippen molar-refractivity contribution in [2.45, 2.75) is 45.6 Å². The van der Waals surface area contributed by atoms with Crippen LogP contribution < -0.4 is 9.46 Å². The van der Waals surface area contributed by atoms with Gasteiger partial charge in [-0.25, -0.2) is 13.1 Å². The summed E-state index contributed by atoms with van der Waals surface area (Å²) in [6, 6.07) is 10.9. The van der Waals surface area contributed by atoms with Crippen LogP contribution in [0.25, 0.3) is 0 Å². The summed E-state index contributed by atoms with van der Waals surface area (Å²) < 4.78 is 33.8. The molecule has 0 unspecified atom stereocenters. The Balaban J connectivity index is 2.25. The fraction of sp³-hybridized carbons (Fsp3) is 0.368. The average Bonchev–Trinajstić information content (AvgIpc) is 2.46. The molecule has 0 fully saturated rings. The first kappa shape index (κ1) is 18.5. The molecular formula is C19H25NO3S. The van der Waals surface area contributed by atoms with Crippen molar-refractivity contribution in [1.29, 1.82) is 0 Å². The first-order valence-corrected chi connectivity index (χ1v) is 9.56. The molecule has 1 atom stereocenters. The maximum Gasteiger partial charge on any atom is 0.241 e. The molecule has 130 valence electrons. The molecule has 0 aromatic heterocycles. The zero-order chi connectivity index (χ0) is 17.9. The van der Waals surface area contributed by atoms with Crippen LogP contribution >= 0.6 is 0 Å². The summed E-state index contributed by atoms with van der Waals surface area (Å²) in [6.45, 7) is 10.00. The zero-order valence-electron chi connectivity index (χ0n) is 14.9. The Labute approximate surface area is 144 Å². The molecule has 24 heavy (non-hydrogen) atoms. The standard InChI is InChI=1S/C19H25NO3S/c1-6-23-18-9-7-17(8-10-18)16(5)20-24(21,22)19-14(3)11-13(2)12-15(19)4/h7-12,16,20H,6H2,1-5H3/t16-/m1/s1. The highest BCUT2D eigenvalue weighted by Crippen LogP contribution is 2.24. The Morgan fingerprint density at radius 3 is 2.08 bits per heavy atom. The van der Waals surface area contributed by atoms with Gasteiger partial charge in [-0.05, 0) is 63.4 Å². The van der Waals surface area contributed by atoms with Gasteiger partial charge in [-0.3, -0.25) is 0 Å². The number of hydrogen-bond acceptors (Lipinski definition) is 3. The van der Waals surface area contributed by atoms with Crippen LogP contribution in [0.1, 0.15) is 42.1 Å². The van der Waals surface area contributed by atoms with E-state index in [-0.39, 0.29) is 6.04 Å². The van der Waals surface area contributed by atoms with E-state index in [1.54, 1.807) is 0 Å². The molecule has 0 saturated heterocycles. The van der Waals surface area contributed by atoms with Gasteiger partial charge in [0.05, 0.1) is 11.5 Å². The topological polar surface area (TPSA) is 55.4 Å². The molecule has 2 rings (SSSR count). The molecule has 2 aromatic carbocycles. The third kappa shape index (κ3) is 4.16. The van der Waals surface area contributed by atoms with E-state index in [0.29, 0.717) is 11.5 Å². The van der Waals surface area contributed by atoms with E-state index in [0.717, 1.165) is 28.0 Å². The van der Waals surface area contributed by atoms with Gasteiger partial charge in [-0.15, -0.1) is 0 Å². The molecule has 5 heteroatoms. The third-order valence-corrected chi connectivity index (χ3v) is 5.74. The second-order valence-corrected chi connectivity index (χ2v) is 7.72. The third-order valence-electron chi connectivity index (χ3n) is 3.90. The minimum Gasteiger partial charge on any atom is -0.494 e. The second kappa shape index (κ2) is 7.36. The summed E-state index contributed by atoms with van der Waals surface area (Å²) in [5.74, 6) is 0.779. The summed E-state index contributed by atoms with van der Waals surface area (Å²) in [5, 5.41) is 0. The number of sulfonamides is 1. The number of ether oxygens (including phenoxy) is 1. The molecule has 4 nitrogen and oxygen atoms in total. The van der Waals surface area contributed by atoms with E-state index in [1.807, 2.05) is 71.0 Å². The lowest BCUT2D eigenvalue weighted by molar-refractivity contribution is 0.340. The first-order chi connectivity index (χ1) is 11.2. The minimum atomic E-state index is -3.59. The summed E-state index contributed by atoms with van der Waals surface area (Å²) in [4.78, 5) is 0.367.